The van der Waals surface area contributed by atoms with Crippen LogP contribution in [0.4, 0.5) is 0 Å². The number of para-hydroxylation sites is 1. The molecule has 3 aromatic rings. The molecule has 0 radical (unpaired) electrons. The minimum absolute atomic E-state index is 0.0165. The van der Waals surface area contributed by atoms with Crippen molar-refractivity contribution in [2.45, 2.75) is 55.9 Å². The number of fused-ring (bicyclic) bond motifs is 2. The quantitative estimate of drug-likeness (QED) is 0.587. The summed E-state index contributed by atoms with van der Waals surface area (Å²) < 4.78 is 29.3. The second kappa shape index (κ2) is 8.92. The van der Waals surface area contributed by atoms with Crippen LogP contribution in [0.3, 0.4) is 0 Å². The number of rotatable bonds is 6. The summed E-state index contributed by atoms with van der Waals surface area (Å²) in [5, 5.41) is 0.965. The van der Waals surface area contributed by atoms with Gasteiger partial charge in [-0.25, -0.2) is 18.1 Å². The average molecular weight is 470 g/mol. The Morgan fingerprint density at radius 3 is 2.75 bits per heavy atom. The van der Waals surface area contributed by atoms with Crippen LogP contribution in [0.15, 0.2) is 47.4 Å². The van der Waals surface area contributed by atoms with Gasteiger partial charge in [0.2, 0.25) is 15.9 Å². The SMILES string of the molecule is O=C(CCNS(=O)(=O)c1ccc2c(c1)CCCC2)N1CCCC1c1nc2ccccc2s1. The zero-order valence-electron chi connectivity index (χ0n) is 17.9. The van der Waals surface area contributed by atoms with E-state index in [1.807, 2.05) is 35.2 Å². The highest BCUT2D eigenvalue weighted by molar-refractivity contribution is 7.89. The molecule has 1 N–H and O–H groups in total. The Hall–Kier alpha value is -2.29. The van der Waals surface area contributed by atoms with Gasteiger partial charge in [0.05, 0.1) is 21.2 Å². The molecular weight excluding hydrogens is 442 g/mol. The first kappa shape index (κ1) is 21.6. The highest BCUT2D eigenvalue weighted by atomic mass is 32.2. The van der Waals surface area contributed by atoms with Gasteiger partial charge in [-0.2, -0.15) is 0 Å². The van der Waals surface area contributed by atoms with Gasteiger partial charge in [0.25, 0.3) is 0 Å². The van der Waals surface area contributed by atoms with Crippen molar-refractivity contribution in [2.24, 2.45) is 0 Å². The molecule has 168 valence electrons. The van der Waals surface area contributed by atoms with E-state index in [0.717, 1.165) is 59.3 Å². The Labute approximate surface area is 192 Å². The van der Waals surface area contributed by atoms with E-state index < -0.39 is 10.0 Å². The normalized spacial score (nSPS) is 18.8. The molecule has 1 aliphatic heterocycles. The smallest absolute Gasteiger partial charge is 0.240 e. The van der Waals surface area contributed by atoms with Gasteiger partial charge in [0.1, 0.15) is 5.01 Å². The number of nitrogens with one attached hydrogen (secondary N) is 1. The van der Waals surface area contributed by atoms with Crippen LogP contribution in [0.2, 0.25) is 0 Å². The van der Waals surface area contributed by atoms with Crippen molar-refractivity contribution >= 4 is 37.5 Å². The maximum atomic E-state index is 12.9. The average Bonchev–Trinajstić information content (AvgIpc) is 3.45. The third-order valence-electron chi connectivity index (χ3n) is 6.43. The minimum atomic E-state index is -3.63. The molecule has 1 unspecified atom stereocenters. The lowest BCUT2D eigenvalue weighted by atomic mass is 9.92. The second-order valence-electron chi connectivity index (χ2n) is 8.55. The van der Waals surface area contributed by atoms with Crippen LogP contribution in [0.25, 0.3) is 10.2 Å². The maximum absolute atomic E-state index is 12.9. The first-order valence-electron chi connectivity index (χ1n) is 11.3. The molecule has 5 rings (SSSR count). The first-order valence-corrected chi connectivity index (χ1v) is 13.6. The van der Waals surface area contributed by atoms with E-state index in [1.54, 1.807) is 23.5 Å². The number of carbonyl (C=O) groups is 1. The van der Waals surface area contributed by atoms with E-state index in [0.29, 0.717) is 11.4 Å². The molecule has 1 aromatic heterocycles. The van der Waals surface area contributed by atoms with Gasteiger partial charge in [0, 0.05) is 19.5 Å². The monoisotopic (exact) mass is 469 g/mol. The third kappa shape index (κ3) is 4.31. The van der Waals surface area contributed by atoms with Crippen LogP contribution in [0.1, 0.15) is 54.3 Å². The van der Waals surface area contributed by atoms with E-state index in [4.69, 9.17) is 4.98 Å². The highest BCUT2D eigenvalue weighted by Crippen LogP contribution is 2.36. The maximum Gasteiger partial charge on any atom is 0.240 e. The van der Waals surface area contributed by atoms with Crippen molar-refractivity contribution < 1.29 is 13.2 Å². The van der Waals surface area contributed by atoms with Crippen LogP contribution < -0.4 is 4.72 Å². The molecule has 0 saturated carbocycles. The molecule has 2 aromatic carbocycles. The molecule has 6 nitrogen and oxygen atoms in total. The van der Waals surface area contributed by atoms with Crippen molar-refractivity contribution in [1.82, 2.24) is 14.6 Å². The number of likely N-dealkylation sites (tertiary alicyclic amines) is 1. The highest BCUT2D eigenvalue weighted by Gasteiger charge is 2.32. The number of aromatic nitrogens is 1. The molecule has 8 heteroatoms. The molecule has 32 heavy (non-hydrogen) atoms. The molecule has 1 saturated heterocycles. The topological polar surface area (TPSA) is 79.4 Å². The Kier molecular flexibility index (Phi) is 6.01. The number of hydrogen-bond donors (Lipinski definition) is 1. The second-order valence-corrected chi connectivity index (χ2v) is 11.4. The van der Waals surface area contributed by atoms with E-state index in [9.17, 15) is 13.2 Å². The van der Waals surface area contributed by atoms with E-state index in [1.165, 1.54) is 5.56 Å². The number of amides is 1. The number of sulfonamides is 1. The molecule has 2 aliphatic rings. The molecule has 1 fully saturated rings. The summed E-state index contributed by atoms with van der Waals surface area (Å²) in [6, 6.07) is 13.4. The van der Waals surface area contributed by atoms with Gasteiger partial charge < -0.3 is 4.90 Å². The van der Waals surface area contributed by atoms with Gasteiger partial charge in [-0.3, -0.25) is 4.79 Å². The number of hydrogen-bond acceptors (Lipinski definition) is 5. The van der Waals surface area contributed by atoms with Crippen molar-refractivity contribution in [3.05, 3.63) is 58.6 Å². The van der Waals surface area contributed by atoms with Crippen molar-refractivity contribution in [3.63, 3.8) is 0 Å². The Morgan fingerprint density at radius 2 is 1.91 bits per heavy atom. The summed E-state index contributed by atoms with van der Waals surface area (Å²) in [6.07, 6.45) is 6.19. The molecule has 0 bridgehead atoms. The molecule has 1 aliphatic carbocycles. The van der Waals surface area contributed by atoms with Gasteiger partial charge in [0.15, 0.2) is 0 Å². The minimum Gasteiger partial charge on any atom is -0.333 e. The van der Waals surface area contributed by atoms with Crippen LogP contribution in [0.5, 0.6) is 0 Å². The van der Waals surface area contributed by atoms with Gasteiger partial charge in [-0.1, -0.05) is 18.2 Å². The summed E-state index contributed by atoms with van der Waals surface area (Å²) in [4.78, 5) is 19.8. The lowest BCUT2D eigenvalue weighted by Gasteiger charge is -2.23. The van der Waals surface area contributed by atoms with Crippen LogP contribution in [-0.4, -0.2) is 37.3 Å². The van der Waals surface area contributed by atoms with Crippen molar-refractivity contribution in [1.29, 1.82) is 0 Å². The largest absolute Gasteiger partial charge is 0.333 e. The standard InChI is InChI=1S/C24H27N3O3S2/c28-23(27-15-5-9-21(27)24-26-20-8-3-4-10-22(20)31-24)13-14-25-32(29,30)19-12-11-17-6-1-2-7-18(17)16-19/h3-4,8,10-12,16,21,25H,1-2,5-7,9,13-15H2. The van der Waals surface area contributed by atoms with E-state index in [-0.39, 0.29) is 24.9 Å². The zero-order chi connectivity index (χ0) is 22.1. The van der Waals surface area contributed by atoms with Crippen LogP contribution >= 0.6 is 11.3 Å². The van der Waals surface area contributed by atoms with E-state index >= 15 is 0 Å². The molecule has 0 spiro atoms. The lowest BCUT2D eigenvalue weighted by Crippen LogP contribution is -2.34. The molecule has 2 heterocycles. The Bertz CT molecular complexity index is 1220. The summed E-state index contributed by atoms with van der Waals surface area (Å²) >= 11 is 1.64. The predicted octanol–water partition coefficient (Wildman–Crippen LogP) is 4.21. The Balaban J connectivity index is 1.22. The summed E-state index contributed by atoms with van der Waals surface area (Å²) in [5.74, 6) is -0.0279. The molecule has 1 amide bonds. The number of carbonyl (C=O) groups excluding carboxylic acids is 1. The lowest BCUT2D eigenvalue weighted by molar-refractivity contribution is -0.131. The fourth-order valence-corrected chi connectivity index (χ4v) is 6.95. The zero-order valence-corrected chi connectivity index (χ0v) is 19.6. The number of benzene rings is 2. The summed E-state index contributed by atoms with van der Waals surface area (Å²) in [6.45, 7) is 0.790. The van der Waals surface area contributed by atoms with Crippen LogP contribution in [0, 0.1) is 0 Å². The molecule has 1 atom stereocenters. The van der Waals surface area contributed by atoms with Crippen molar-refractivity contribution in [3.8, 4) is 0 Å². The van der Waals surface area contributed by atoms with E-state index in [2.05, 4.69) is 4.72 Å². The fourth-order valence-electron chi connectivity index (χ4n) is 4.75. The first-order chi connectivity index (χ1) is 15.5. The predicted molar refractivity (Wildman–Crippen MR) is 126 cm³/mol. The summed E-state index contributed by atoms with van der Waals surface area (Å²) in [7, 11) is -3.63. The van der Waals surface area contributed by atoms with Crippen molar-refractivity contribution in [2.75, 3.05) is 13.1 Å². The van der Waals surface area contributed by atoms with Crippen LogP contribution in [-0.2, 0) is 27.7 Å². The van der Waals surface area contributed by atoms with Gasteiger partial charge >= 0.3 is 0 Å². The summed E-state index contributed by atoms with van der Waals surface area (Å²) in [5.41, 5.74) is 3.34. The number of aryl methyl sites for hydroxylation is 2. The number of thiazole rings is 1. The third-order valence-corrected chi connectivity index (χ3v) is 9.03. The fraction of sp³-hybridized carbons (Fsp3) is 0.417. The van der Waals surface area contributed by atoms with Gasteiger partial charge in [-0.05, 0) is 73.9 Å². The van der Waals surface area contributed by atoms with Gasteiger partial charge in [-0.15, -0.1) is 11.3 Å². The molecular formula is C24H27N3O3S2. The Morgan fingerprint density at radius 1 is 1.09 bits per heavy atom. The number of nitrogens with zero attached hydrogens (tertiary/aromatic N) is 2.